The van der Waals surface area contributed by atoms with Gasteiger partial charge in [0.25, 0.3) is 0 Å². The molecule has 4 heteroatoms. The predicted octanol–water partition coefficient (Wildman–Crippen LogP) is 8.76. The van der Waals surface area contributed by atoms with E-state index in [2.05, 4.69) is 112 Å². The van der Waals surface area contributed by atoms with Crippen molar-refractivity contribution in [1.82, 2.24) is 9.97 Å². The monoisotopic (exact) mass is 476 g/mol. The first kappa shape index (κ1) is 24.1. The molecule has 0 amide bonds. The minimum absolute atomic E-state index is 0.437. The Morgan fingerprint density at radius 3 is 1.72 bits per heavy atom. The average molecular weight is 477 g/mol. The Labute approximate surface area is 215 Å². The molecule has 0 unspecified atom stereocenters. The first-order valence-electron chi connectivity index (χ1n) is 13.0. The summed E-state index contributed by atoms with van der Waals surface area (Å²) in [5.41, 5.74) is 9.16. The first-order chi connectivity index (χ1) is 17.3. The van der Waals surface area contributed by atoms with E-state index in [1.165, 1.54) is 27.8 Å². The number of hydrogen-bond donors (Lipinski definition) is 0. The second kappa shape index (κ2) is 9.77. The number of fused-ring (bicyclic) bond motifs is 1. The highest BCUT2D eigenvalue weighted by Gasteiger charge is 2.31. The van der Waals surface area contributed by atoms with E-state index >= 15 is 0 Å². The van der Waals surface area contributed by atoms with Crippen molar-refractivity contribution in [1.29, 1.82) is 0 Å². The van der Waals surface area contributed by atoms with Gasteiger partial charge in [0, 0.05) is 23.8 Å². The van der Waals surface area contributed by atoms with Gasteiger partial charge in [0.1, 0.15) is 6.67 Å². The molecule has 5 rings (SSSR count). The molecule has 184 valence electrons. The van der Waals surface area contributed by atoms with Gasteiger partial charge in [-0.3, -0.25) is 0 Å². The van der Waals surface area contributed by atoms with Crippen molar-refractivity contribution < 1.29 is 0 Å². The van der Waals surface area contributed by atoms with Gasteiger partial charge >= 0.3 is 0 Å². The van der Waals surface area contributed by atoms with Crippen LogP contribution in [0.2, 0.25) is 0 Å². The molecule has 4 aromatic rings. The fourth-order valence-corrected chi connectivity index (χ4v) is 5.11. The molecule has 36 heavy (non-hydrogen) atoms. The molecule has 2 heterocycles. The molecule has 0 saturated heterocycles. The molecule has 1 aliphatic heterocycles. The number of benzene rings is 3. The van der Waals surface area contributed by atoms with Crippen LogP contribution in [-0.4, -0.2) is 16.6 Å². The number of aromatic nitrogens is 2. The van der Waals surface area contributed by atoms with Gasteiger partial charge in [-0.15, -0.1) is 0 Å². The van der Waals surface area contributed by atoms with E-state index in [9.17, 15) is 0 Å². The average Bonchev–Trinajstić information content (AvgIpc) is 3.28. The lowest BCUT2D eigenvalue weighted by molar-refractivity contribution is 0.807. The molecule has 4 nitrogen and oxygen atoms in total. The molecule has 1 aliphatic rings. The third-order valence-electron chi connectivity index (χ3n) is 7.10. The molecular formula is C32H36N4. The summed E-state index contributed by atoms with van der Waals surface area (Å²) in [6.45, 7) is 14.5. The molecule has 0 N–H and O–H groups in total. The lowest BCUT2D eigenvalue weighted by Gasteiger charge is -2.25. The molecule has 0 atom stereocenters. The van der Waals surface area contributed by atoms with Crippen molar-refractivity contribution in [3.05, 3.63) is 95.8 Å². The smallest absolute Gasteiger partial charge is 0.178 e. The second-order valence-electron chi connectivity index (χ2n) is 10.6. The van der Waals surface area contributed by atoms with Gasteiger partial charge < -0.3 is 9.80 Å². The molecular weight excluding hydrogens is 440 g/mol. The molecule has 0 bridgehead atoms. The molecule has 0 spiro atoms. The third kappa shape index (κ3) is 4.37. The van der Waals surface area contributed by atoms with Crippen molar-refractivity contribution in [2.45, 2.75) is 59.3 Å². The Morgan fingerprint density at radius 1 is 0.611 bits per heavy atom. The minimum atomic E-state index is 0.437. The zero-order valence-electron chi connectivity index (χ0n) is 22.2. The van der Waals surface area contributed by atoms with Gasteiger partial charge in [-0.25, -0.2) is 9.97 Å². The summed E-state index contributed by atoms with van der Waals surface area (Å²) < 4.78 is 0. The number of para-hydroxylation sites is 1. The van der Waals surface area contributed by atoms with E-state index in [-0.39, 0.29) is 0 Å². The maximum absolute atomic E-state index is 4.74. The van der Waals surface area contributed by atoms with Crippen molar-refractivity contribution in [3.8, 4) is 11.1 Å². The van der Waals surface area contributed by atoms with Crippen LogP contribution in [0.4, 0.5) is 23.0 Å². The number of anilines is 4. The summed E-state index contributed by atoms with van der Waals surface area (Å²) in [6.07, 6.45) is 3.55. The maximum atomic E-state index is 4.74. The predicted molar refractivity (Wildman–Crippen MR) is 152 cm³/mol. The van der Waals surface area contributed by atoms with Crippen LogP contribution in [0.5, 0.6) is 0 Å². The fourth-order valence-electron chi connectivity index (χ4n) is 5.11. The SMILES string of the molecule is CC(C)c1cc(C(C)C)c(-c2cccc(N3CN(c4ccccc4)c4nccnc43)c2)c(C(C)C)c1. The zero-order chi connectivity index (χ0) is 25.4. The summed E-state index contributed by atoms with van der Waals surface area (Å²) in [6, 6.07) is 24.2. The van der Waals surface area contributed by atoms with Gasteiger partial charge in [-0.2, -0.15) is 0 Å². The highest BCUT2D eigenvalue weighted by atomic mass is 15.4. The van der Waals surface area contributed by atoms with Gasteiger partial charge in [0.15, 0.2) is 11.6 Å². The quantitative estimate of drug-likeness (QED) is 0.278. The van der Waals surface area contributed by atoms with Crippen LogP contribution in [0.3, 0.4) is 0 Å². The van der Waals surface area contributed by atoms with Crippen LogP contribution < -0.4 is 9.80 Å². The molecule has 0 fully saturated rings. The van der Waals surface area contributed by atoms with E-state index in [0.717, 1.165) is 23.0 Å². The van der Waals surface area contributed by atoms with E-state index < -0.39 is 0 Å². The largest absolute Gasteiger partial charge is 0.305 e. The maximum Gasteiger partial charge on any atom is 0.178 e. The first-order valence-corrected chi connectivity index (χ1v) is 13.0. The highest BCUT2D eigenvalue weighted by Crippen LogP contribution is 2.44. The van der Waals surface area contributed by atoms with Gasteiger partial charge in [-0.1, -0.05) is 84.0 Å². The fraction of sp³-hybridized carbons (Fsp3) is 0.312. The van der Waals surface area contributed by atoms with Crippen LogP contribution >= 0.6 is 0 Å². The summed E-state index contributed by atoms with van der Waals surface area (Å²) >= 11 is 0. The lowest BCUT2D eigenvalue weighted by Crippen LogP contribution is -2.24. The molecule has 3 aromatic carbocycles. The second-order valence-corrected chi connectivity index (χ2v) is 10.6. The van der Waals surface area contributed by atoms with Crippen LogP contribution in [0.25, 0.3) is 11.1 Å². The number of nitrogens with zero attached hydrogens (tertiary/aromatic N) is 4. The van der Waals surface area contributed by atoms with E-state index in [1.807, 2.05) is 6.07 Å². The van der Waals surface area contributed by atoms with Gasteiger partial charge in [0.05, 0.1) is 0 Å². The zero-order valence-corrected chi connectivity index (χ0v) is 22.2. The van der Waals surface area contributed by atoms with Crippen molar-refractivity contribution in [3.63, 3.8) is 0 Å². The van der Waals surface area contributed by atoms with Crippen LogP contribution in [0, 0.1) is 0 Å². The Balaban J connectivity index is 1.62. The number of hydrogen-bond acceptors (Lipinski definition) is 4. The van der Waals surface area contributed by atoms with E-state index in [0.29, 0.717) is 24.4 Å². The Hall–Kier alpha value is -3.66. The van der Waals surface area contributed by atoms with Crippen molar-refractivity contribution >= 4 is 23.0 Å². The minimum Gasteiger partial charge on any atom is -0.305 e. The summed E-state index contributed by atoms with van der Waals surface area (Å²) in [5, 5.41) is 0. The molecule has 1 aromatic heterocycles. The summed E-state index contributed by atoms with van der Waals surface area (Å²) in [4.78, 5) is 13.9. The topological polar surface area (TPSA) is 32.3 Å². The molecule has 0 aliphatic carbocycles. The van der Waals surface area contributed by atoms with Gasteiger partial charge in [0.2, 0.25) is 0 Å². The molecule has 0 radical (unpaired) electrons. The van der Waals surface area contributed by atoms with Gasteiger partial charge in [-0.05, 0) is 69.8 Å². The normalized spacial score (nSPS) is 13.2. The summed E-state index contributed by atoms with van der Waals surface area (Å²) in [7, 11) is 0. The van der Waals surface area contributed by atoms with E-state index in [4.69, 9.17) is 9.97 Å². The molecule has 0 saturated carbocycles. The van der Waals surface area contributed by atoms with Crippen LogP contribution in [0.1, 0.15) is 76.0 Å². The Kier molecular flexibility index (Phi) is 6.53. The lowest BCUT2D eigenvalue weighted by atomic mass is 9.81. The number of rotatable bonds is 6. The standard InChI is InChI=1S/C32H36N4/c1-21(2)25-18-28(22(3)4)30(29(19-25)23(5)6)24-11-10-14-27(17-24)36-20-35(26-12-8-7-9-13-26)31-32(36)34-16-15-33-31/h7-19,21-23H,20H2,1-6H3. The van der Waals surface area contributed by atoms with Crippen molar-refractivity contribution in [2.75, 3.05) is 16.5 Å². The van der Waals surface area contributed by atoms with Crippen LogP contribution in [0.15, 0.2) is 79.1 Å². The van der Waals surface area contributed by atoms with Crippen LogP contribution in [-0.2, 0) is 0 Å². The van der Waals surface area contributed by atoms with Crippen molar-refractivity contribution in [2.24, 2.45) is 0 Å². The summed E-state index contributed by atoms with van der Waals surface area (Å²) in [5.74, 6) is 3.16. The highest BCUT2D eigenvalue weighted by molar-refractivity contribution is 5.84. The van der Waals surface area contributed by atoms with E-state index in [1.54, 1.807) is 12.4 Å². The Bertz CT molecular complexity index is 1330. The Morgan fingerprint density at radius 2 is 1.17 bits per heavy atom. The third-order valence-corrected chi connectivity index (χ3v) is 7.10.